The van der Waals surface area contributed by atoms with Crippen molar-refractivity contribution in [3.63, 3.8) is 0 Å². The number of ketones is 2. The van der Waals surface area contributed by atoms with Crippen molar-refractivity contribution in [3.8, 4) is 34.1 Å². The molecule has 3 aromatic rings. The van der Waals surface area contributed by atoms with Gasteiger partial charge in [0, 0.05) is 65.8 Å². The molecule has 1 amide bonds. The Morgan fingerprint density at radius 2 is 1.16 bits per heavy atom. The number of hydrogen-bond donors (Lipinski definition) is 23. The van der Waals surface area contributed by atoms with E-state index in [1.54, 1.807) is 75.5 Å². The summed E-state index contributed by atoms with van der Waals surface area (Å²) in [6.45, 7) is 7.91. The van der Waals surface area contributed by atoms with Crippen LogP contribution in [-0.4, -0.2) is 329 Å². The van der Waals surface area contributed by atoms with Gasteiger partial charge in [0.15, 0.2) is 42.3 Å². The van der Waals surface area contributed by atoms with Crippen LogP contribution < -0.4 is 15.8 Å². The zero-order valence-corrected chi connectivity index (χ0v) is 70.3. The molecule has 0 spiro atoms. The van der Waals surface area contributed by atoms with Crippen molar-refractivity contribution in [2.24, 2.45) is 23.5 Å². The molecule has 0 aromatic heterocycles. The smallest absolute Gasteiger partial charge is 0.328 e. The SMILES string of the molecule is COC(=O)C1C(O)CC2(O)CC(O)CC(O)C(O)CCC(O)CC(O)CC(=O)OC(C)C(C)C(O)C(C)/C=C/C=C/C=C/C=C/C=C/C=C/C=C/C(O[C@@H]3O[C@H](C)[C@@H](O)[C@H](N)[C@@H]3O)CC1O2.COc1cc(O)c2c(c1)C(=O)c1c(cc3c(c1O)-c1c(cc(C)c(C(=O)NC(CO)C(=O)O)c1O)[C@H](OC1OC(C)C(O)C(OC4OCC(O)C(O)C4O)C1O)C3O)C2=O. The molecule has 0 saturated carbocycles. The second-order valence-electron chi connectivity index (χ2n) is 32.6. The maximum absolute atomic E-state index is 14.1. The first-order valence-electron chi connectivity index (χ1n) is 41.1. The van der Waals surface area contributed by atoms with Crippen LogP contribution in [0, 0.1) is 24.7 Å². The minimum absolute atomic E-state index is 0.0131. The maximum atomic E-state index is 14.1. The van der Waals surface area contributed by atoms with Crippen molar-refractivity contribution in [1.29, 1.82) is 0 Å². The molecular weight excluding hydrogens is 1660 g/mol. The van der Waals surface area contributed by atoms with Crippen LogP contribution in [0.15, 0.2) is 109 Å². The summed E-state index contributed by atoms with van der Waals surface area (Å²) >= 11 is 0. The van der Waals surface area contributed by atoms with E-state index in [4.69, 9.17) is 53.1 Å². The fourth-order valence-electron chi connectivity index (χ4n) is 16.1. The number of nitrogens with two attached hydrogens (primary N) is 1. The first-order valence-corrected chi connectivity index (χ1v) is 41.1. The van der Waals surface area contributed by atoms with Gasteiger partial charge in [-0.25, -0.2) is 4.79 Å². The number of methoxy groups -OCH3 is 2. The van der Waals surface area contributed by atoms with Gasteiger partial charge in [-0.2, -0.15) is 0 Å². The van der Waals surface area contributed by atoms with Crippen molar-refractivity contribution >= 4 is 35.4 Å². The number of benzene rings is 3. The lowest BCUT2D eigenvalue weighted by Gasteiger charge is -2.45. The summed E-state index contributed by atoms with van der Waals surface area (Å²) in [6, 6.07) is 1.49. The van der Waals surface area contributed by atoms with Crippen LogP contribution >= 0.6 is 0 Å². The van der Waals surface area contributed by atoms with E-state index in [9.17, 15) is 136 Å². The number of aliphatic hydroxyl groups is 17. The molecule has 3 aromatic carbocycles. The average Bonchev–Trinajstić information content (AvgIpc) is 0.702. The van der Waals surface area contributed by atoms with Crippen molar-refractivity contribution in [1.82, 2.24) is 5.32 Å². The Bertz CT molecular complexity index is 4510. The number of nitrogens with one attached hydrogen (secondary N) is 1. The minimum atomic E-state index is -2.27. The monoisotopic (exact) mass is 1780 g/mol. The predicted molar refractivity (Wildman–Crippen MR) is 437 cm³/mol. The Hall–Kier alpha value is -8.74. The van der Waals surface area contributed by atoms with Gasteiger partial charge in [-0.05, 0) is 75.8 Å². The Labute approximate surface area is 724 Å². The summed E-state index contributed by atoms with van der Waals surface area (Å²) in [5.74, 6) is -13.3. The van der Waals surface area contributed by atoms with Crippen LogP contribution in [0.25, 0.3) is 11.1 Å². The number of fused-ring (bicyclic) bond motifs is 7. The molecular formula is C87H116N2O37. The molecule has 5 aliphatic heterocycles. The molecule has 10 rings (SSSR count). The molecule has 0 radical (unpaired) electrons. The fourth-order valence-corrected chi connectivity index (χ4v) is 16.1. The number of aromatic hydroxyl groups is 3. The first kappa shape index (κ1) is 101. The zero-order valence-electron chi connectivity index (χ0n) is 70.3. The molecule has 4 saturated heterocycles. The molecule has 39 heteroatoms. The number of ether oxygens (including phenoxy) is 10. The van der Waals surface area contributed by atoms with Crippen molar-refractivity contribution in [3.05, 3.63) is 154 Å². The lowest BCUT2D eigenvalue weighted by atomic mass is 9.74. The van der Waals surface area contributed by atoms with Crippen molar-refractivity contribution in [2.45, 2.75) is 264 Å². The average molecular weight is 1780 g/mol. The van der Waals surface area contributed by atoms with E-state index in [-0.39, 0.29) is 59.6 Å². The summed E-state index contributed by atoms with van der Waals surface area (Å²) in [5, 5.41) is 230. The second-order valence-corrected chi connectivity index (χ2v) is 32.6. The molecule has 2 aliphatic carbocycles. The highest BCUT2D eigenvalue weighted by Gasteiger charge is 2.54. The number of aliphatic carboxylic acids is 1. The van der Waals surface area contributed by atoms with Crippen molar-refractivity contribution in [2.75, 3.05) is 27.4 Å². The third kappa shape index (κ3) is 23.8. The van der Waals surface area contributed by atoms with Gasteiger partial charge in [0.25, 0.3) is 5.91 Å². The van der Waals surface area contributed by atoms with Gasteiger partial charge in [0.05, 0.1) is 130 Å². The molecule has 2 bridgehead atoms. The molecule has 5 heterocycles. The van der Waals surface area contributed by atoms with Gasteiger partial charge in [-0.3, -0.25) is 24.0 Å². The lowest BCUT2D eigenvalue weighted by Crippen LogP contribution is -2.62. The van der Waals surface area contributed by atoms with Gasteiger partial charge in [-0.1, -0.05) is 105 Å². The van der Waals surface area contributed by atoms with Crippen LogP contribution in [0.5, 0.6) is 23.0 Å². The summed E-state index contributed by atoms with van der Waals surface area (Å²) in [4.78, 5) is 79.0. The van der Waals surface area contributed by atoms with E-state index in [0.29, 0.717) is 0 Å². The number of amides is 1. The Kier molecular flexibility index (Phi) is 35.7. The number of esters is 2. The van der Waals surface area contributed by atoms with E-state index in [0.717, 1.165) is 25.3 Å². The second kappa shape index (κ2) is 44.5. The van der Waals surface area contributed by atoms with Crippen LogP contribution in [0.2, 0.25) is 0 Å². The summed E-state index contributed by atoms with van der Waals surface area (Å²) in [7, 11) is 2.36. The van der Waals surface area contributed by atoms with Crippen LogP contribution in [0.3, 0.4) is 0 Å². The Morgan fingerprint density at radius 1 is 0.571 bits per heavy atom. The zero-order chi connectivity index (χ0) is 92.9. The number of phenols is 3. The molecule has 4 fully saturated rings. The number of cyclic esters (lactones) is 1. The number of carbonyl (C=O) groups excluding carboxylic acids is 5. The van der Waals surface area contributed by atoms with Gasteiger partial charge < -0.3 is 166 Å². The van der Waals surface area contributed by atoms with Crippen LogP contribution in [-0.2, 0) is 57.0 Å². The number of allylic oxidation sites excluding steroid dienone is 12. The topological polar surface area (TPSA) is 658 Å². The summed E-state index contributed by atoms with van der Waals surface area (Å²) in [5.41, 5.74) is 1.93. The number of rotatable bonds is 12. The number of aryl methyl sites for hydroxylation is 1. The van der Waals surface area contributed by atoms with Gasteiger partial charge in [-0.15, -0.1) is 0 Å². The van der Waals surface area contributed by atoms with Crippen LogP contribution in [0.1, 0.15) is 157 Å². The first-order chi connectivity index (χ1) is 59.5. The molecule has 7 aliphatic rings. The van der Waals surface area contributed by atoms with Gasteiger partial charge >= 0.3 is 17.9 Å². The third-order valence-electron chi connectivity index (χ3n) is 23.3. The van der Waals surface area contributed by atoms with Crippen LogP contribution in [0.4, 0.5) is 0 Å². The lowest BCUT2D eigenvalue weighted by molar-refractivity contribution is -0.353. The highest BCUT2D eigenvalue weighted by Crippen LogP contribution is 2.57. The molecule has 31 atom stereocenters. The standard InChI is InChI=1S/C48H75NO17.C39H41NO20/c1-28-18-16-14-12-10-8-6-7-9-11-13-15-17-19-35(65-47-45(59)42(49)44(58)31(4)64-47)25-39-41(46(60)62-5)38(55)27-48(61,66-39)26-34(52)23-37(54)36(53)21-20-32(50)22-33(51)24-40(56)63-30(3)29(2)43(28)57;1-10-4-16-23(30(49)20(10)36(53)40-17(8-41)37(54)55)22-14(7-15-24(31(22)50)27(46)13-5-12(56-3)6-18(42)21(13)26(15)45)28(47)34(16)59-39-33(52)35(25(44)11(2)58-39)60-38-32(51)29(48)19(43)9-57-38/h6-19,28-39,41-45,47,50-55,57-59,61H,20-27,49H2,1-5H3;4-7,11,17,19,25,28-29,32-35,38-39,41-44,47-52H,8-9H2,1-3H3,(H,40,53)(H,54,55)/b7-6+,10-8+,11-9+,14-12+,15-13+,18-16+,19-17+;/t28?,29?,30?,31-,32?,33?,34?,35?,36?,37?,38?,39?,41?,42+,43?,44-,45+,47+,48?;11?,17?,19?,25?,28?,29?,32?,33?,34-,35?,38?,39?/m10/s1. The normalized spacial score (nSPS) is 37.9. The number of hydrogen-bond acceptors (Lipinski definition) is 37. The third-order valence-corrected chi connectivity index (χ3v) is 23.3. The minimum Gasteiger partial charge on any atom is -0.507 e. The van der Waals surface area contributed by atoms with E-state index < -0.39 is 308 Å². The summed E-state index contributed by atoms with van der Waals surface area (Å²) in [6.07, 6.45) is -14.3. The number of carboxylic acids is 1. The van der Waals surface area contributed by atoms with Gasteiger partial charge in [0.1, 0.15) is 90.0 Å². The summed E-state index contributed by atoms with van der Waals surface area (Å²) < 4.78 is 56.4. The predicted octanol–water partition coefficient (Wildman–Crippen LogP) is -1.07. The fraction of sp³-hybridized carbons (Fsp3) is 0.563. The number of carbonyl (C=O) groups is 6. The Morgan fingerprint density at radius 3 is 1.77 bits per heavy atom. The highest BCUT2D eigenvalue weighted by molar-refractivity contribution is 6.31. The molecule has 696 valence electrons. The number of aliphatic hydroxyl groups excluding tert-OH is 16. The molecule has 126 heavy (non-hydrogen) atoms. The quantitative estimate of drug-likeness (QED) is 0.0751. The van der Waals surface area contributed by atoms with Crippen molar-refractivity contribution < 1.29 is 183 Å². The molecule has 24 N–H and O–H groups in total. The molecule has 39 nitrogen and oxygen atoms in total. The highest BCUT2D eigenvalue weighted by atomic mass is 16.7. The number of phenolic OH excluding ortho intramolecular Hbond substituents is 3. The van der Waals surface area contributed by atoms with E-state index >= 15 is 0 Å². The largest absolute Gasteiger partial charge is 0.507 e. The number of carboxylic acid groups (broad SMARTS) is 1. The van der Waals surface area contributed by atoms with E-state index in [1.807, 2.05) is 37.3 Å². The molecule has 25 unspecified atom stereocenters. The van der Waals surface area contributed by atoms with Gasteiger partial charge in [0.2, 0.25) is 0 Å². The van der Waals surface area contributed by atoms with E-state index in [1.165, 1.54) is 27.0 Å². The van der Waals surface area contributed by atoms with E-state index in [2.05, 4.69) is 5.32 Å². The Balaban J connectivity index is 0.000000286. The maximum Gasteiger partial charge on any atom is 0.328 e.